The van der Waals surface area contributed by atoms with Crippen molar-refractivity contribution in [3.63, 3.8) is 0 Å². The molecule has 4 heteroatoms. The van der Waals surface area contributed by atoms with Gasteiger partial charge in [0, 0.05) is 12.6 Å². The van der Waals surface area contributed by atoms with Crippen molar-refractivity contribution < 1.29 is 9.53 Å². The smallest absolute Gasteiger partial charge is 0.322 e. The largest absolute Gasteiger partial charge is 0.492 e. The summed E-state index contributed by atoms with van der Waals surface area (Å²) in [6.45, 7) is 7.08. The van der Waals surface area contributed by atoms with E-state index in [2.05, 4.69) is 5.32 Å². The summed E-state index contributed by atoms with van der Waals surface area (Å²) in [7, 11) is 0. The predicted molar refractivity (Wildman–Crippen MR) is 93.8 cm³/mol. The quantitative estimate of drug-likeness (QED) is 0.851. The van der Waals surface area contributed by atoms with Gasteiger partial charge in [-0.05, 0) is 38.5 Å². The number of rotatable bonds is 6. The molecule has 122 valence electrons. The van der Waals surface area contributed by atoms with Crippen molar-refractivity contribution in [2.75, 3.05) is 11.9 Å². The van der Waals surface area contributed by atoms with E-state index < -0.39 is 0 Å². The molecule has 0 atom stereocenters. The van der Waals surface area contributed by atoms with Crippen LogP contribution in [0.2, 0.25) is 0 Å². The Hall–Kier alpha value is -2.49. The Labute approximate surface area is 138 Å². The van der Waals surface area contributed by atoms with Crippen LogP contribution in [0, 0.1) is 0 Å². The van der Waals surface area contributed by atoms with Crippen LogP contribution in [0.3, 0.4) is 0 Å². The van der Waals surface area contributed by atoms with Crippen LogP contribution in [0.1, 0.15) is 26.3 Å². The van der Waals surface area contributed by atoms with Gasteiger partial charge in [0.2, 0.25) is 0 Å². The molecule has 4 nitrogen and oxygen atoms in total. The van der Waals surface area contributed by atoms with Crippen LogP contribution < -0.4 is 10.1 Å². The minimum absolute atomic E-state index is 0.0921. The highest BCUT2D eigenvalue weighted by molar-refractivity contribution is 5.91. The van der Waals surface area contributed by atoms with Gasteiger partial charge in [-0.1, -0.05) is 42.5 Å². The number of benzene rings is 2. The zero-order valence-corrected chi connectivity index (χ0v) is 14.0. The molecule has 0 aliphatic rings. The Morgan fingerprint density at radius 1 is 1.09 bits per heavy atom. The highest BCUT2D eigenvalue weighted by Gasteiger charge is 2.18. The third kappa shape index (κ3) is 4.74. The number of para-hydroxylation sites is 2. The molecule has 0 aromatic heterocycles. The van der Waals surface area contributed by atoms with E-state index in [0.717, 1.165) is 5.56 Å². The van der Waals surface area contributed by atoms with Crippen LogP contribution >= 0.6 is 0 Å². The van der Waals surface area contributed by atoms with Gasteiger partial charge < -0.3 is 15.0 Å². The Kier molecular flexibility index (Phi) is 6.03. The number of carbonyl (C=O) groups is 1. The lowest BCUT2D eigenvalue weighted by molar-refractivity contribution is 0.193. The first-order valence-electron chi connectivity index (χ1n) is 7.95. The Bertz CT molecular complexity index is 626. The molecule has 2 amide bonds. The lowest BCUT2D eigenvalue weighted by atomic mass is 10.2. The van der Waals surface area contributed by atoms with Gasteiger partial charge in [-0.25, -0.2) is 4.79 Å². The number of urea groups is 1. The molecular weight excluding hydrogens is 288 g/mol. The van der Waals surface area contributed by atoms with E-state index in [1.165, 1.54) is 0 Å². The van der Waals surface area contributed by atoms with E-state index >= 15 is 0 Å². The third-order valence-electron chi connectivity index (χ3n) is 3.51. The van der Waals surface area contributed by atoms with Gasteiger partial charge in [-0.2, -0.15) is 0 Å². The zero-order valence-electron chi connectivity index (χ0n) is 14.0. The van der Waals surface area contributed by atoms with Crippen molar-refractivity contribution in [1.82, 2.24) is 4.90 Å². The topological polar surface area (TPSA) is 41.6 Å². The Morgan fingerprint density at radius 3 is 2.39 bits per heavy atom. The molecule has 0 unspecified atom stereocenters. The second-order valence-electron chi connectivity index (χ2n) is 5.57. The molecule has 0 spiro atoms. The zero-order chi connectivity index (χ0) is 16.7. The molecule has 0 saturated carbocycles. The summed E-state index contributed by atoms with van der Waals surface area (Å²) in [5.74, 6) is 0.687. The van der Waals surface area contributed by atoms with Gasteiger partial charge in [0.1, 0.15) is 5.75 Å². The summed E-state index contributed by atoms with van der Waals surface area (Å²) in [6.07, 6.45) is 0. The SMILES string of the molecule is CCOc1ccccc1NC(=O)N(Cc1ccccc1)C(C)C. The van der Waals surface area contributed by atoms with Crippen LogP contribution in [0.5, 0.6) is 5.75 Å². The van der Waals surface area contributed by atoms with Crippen molar-refractivity contribution in [1.29, 1.82) is 0 Å². The molecule has 0 bridgehead atoms. The standard InChI is InChI=1S/C19H24N2O2/c1-4-23-18-13-9-8-12-17(18)20-19(22)21(15(2)3)14-16-10-6-5-7-11-16/h5-13,15H,4,14H2,1-3H3,(H,20,22). The summed E-state index contributed by atoms with van der Waals surface area (Å²) in [6, 6.07) is 17.4. The van der Waals surface area contributed by atoms with Crippen LogP contribution in [0.15, 0.2) is 54.6 Å². The summed E-state index contributed by atoms with van der Waals surface area (Å²) < 4.78 is 5.56. The van der Waals surface area contributed by atoms with E-state index in [9.17, 15) is 4.79 Å². The monoisotopic (exact) mass is 312 g/mol. The second kappa shape index (κ2) is 8.22. The van der Waals surface area contributed by atoms with E-state index in [1.807, 2.05) is 75.4 Å². The maximum atomic E-state index is 12.7. The maximum Gasteiger partial charge on any atom is 0.322 e. The average Bonchev–Trinajstić information content (AvgIpc) is 2.55. The summed E-state index contributed by atoms with van der Waals surface area (Å²) in [5, 5.41) is 2.96. The fourth-order valence-electron chi connectivity index (χ4n) is 2.31. The van der Waals surface area contributed by atoms with Crippen LogP contribution in [0.25, 0.3) is 0 Å². The molecule has 0 radical (unpaired) electrons. The van der Waals surface area contributed by atoms with Crippen molar-refractivity contribution in [3.05, 3.63) is 60.2 Å². The third-order valence-corrected chi connectivity index (χ3v) is 3.51. The first kappa shape index (κ1) is 16.9. The van der Waals surface area contributed by atoms with Crippen LogP contribution in [0.4, 0.5) is 10.5 Å². The molecule has 0 fully saturated rings. The normalized spacial score (nSPS) is 10.4. The fourth-order valence-corrected chi connectivity index (χ4v) is 2.31. The van der Waals surface area contributed by atoms with Crippen molar-refractivity contribution >= 4 is 11.7 Å². The van der Waals surface area contributed by atoms with Gasteiger partial charge in [-0.3, -0.25) is 0 Å². The highest BCUT2D eigenvalue weighted by Crippen LogP contribution is 2.24. The fraction of sp³-hybridized carbons (Fsp3) is 0.316. The van der Waals surface area contributed by atoms with Crippen LogP contribution in [-0.2, 0) is 6.54 Å². The summed E-state index contributed by atoms with van der Waals surface area (Å²) in [5.41, 5.74) is 1.80. The number of carbonyl (C=O) groups excluding carboxylic acids is 1. The maximum absolute atomic E-state index is 12.7. The average molecular weight is 312 g/mol. The number of nitrogens with zero attached hydrogens (tertiary/aromatic N) is 1. The molecule has 0 aliphatic heterocycles. The summed E-state index contributed by atoms with van der Waals surface area (Å²) >= 11 is 0. The molecule has 0 aliphatic carbocycles. The second-order valence-corrected chi connectivity index (χ2v) is 5.57. The number of nitrogens with one attached hydrogen (secondary N) is 1. The number of hydrogen-bond acceptors (Lipinski definition) is 2. The molecule has 2 rings (SSSR count). The molecule has 0 heterocycles. The van der Waals surface area contributed by atoms with Crippen molar-refractivity contribution in [2.45, 2.75) is 33.4 Å². The first-order chi connectivity index (χ1) is 11.1. The van der Waals surface area contributed by atoms with E-state index in [0.29, 0.717) is 24.6 Å². The summed E-state index contributed by atoms with van der Waals surface area (Å²) in [4.78, 5) is 14.5. The van der Waals surface area contributed by atoms with Gasteiger partial charge in [-0.15, -0.1) is 0 Å². The van der Waals surface area contributed by atoms with Gasteiger partial charge in [0.15, 0.2) is 0 Å². The van der Waals surface area contributed by atoms with Gasteiger partial charge in [0.05, 0.1) is 12.3 Å². The molecule has 2 aromatic carbocycles. The molecule has 0 saturated heterocycles. The van der Waals surface area contributed by atoms with Gasteiger partial charge in [0.25, 0.3) is 0 Å². The van der Waals surface area contributed by atoms with Crippen LogP contribution in [-0.4, -0.2) is 23.6 Å². The van der Waals surface area contributed by atoms with Crippen molar-refractivity contribution in [2.24, 2.45) is 0 Å². The van der Waals surface area contributed by atoms with E-state index in [1.54, 1.807) is 4.90 Å². The number of anilines is 1. The number of ether oxygens (including phenoxy) is 1. The Balaban J connectivity index is 2.13. The first-order valence-corrected chi connectivity index (χ1v) is 7.95. The molecule has 1 N–H and O–H groups in total. The number of amides is 2. The lowest BCUT2D eigenvalue weighted by Crippen LogP contribution is -2.39. The van der Waals surface area contributed by atoms with E-state index in [4.69, 9.17) is 4.74 Å². The highest BCUT2D eigenvalue weighted by atomic mass is 16.5. The lowest BCUT2D eigenvalue weighted by Gasteiger charge is -2.27. The number of hydrogen-bond donors (Lipinski definition) is 1. The van der Waals surface area contributed by atoms with Gasteiger partial charge >= 0.3 is 6.03 Å². The molecular formula is C19H24N2O2. The predicted octanol–water partition coefficient (Wildman–Crippen LogP) is 4.53. The molecule has 23 heavy (non-hydrogen) atoms. The minimum Gasteiger partial charge on any atom is -0.492 e. The molecule has 2 aromatic rings. The Morgan fingerprint density at radius 2 is 1.74 bits per heavy atom. The van der Waals surface area contributed by atoms with Crippen molar-refractivity contribution in [3.8, 4) is 5.75 Å². The van der Waals surface area contributed by atoms with E-state index in [-0.39, 0.29) is 12.1 Å². The minimum atomic E-state index is -0.129.